The molecule has 0 saturated carbocycles. The van der Waals surface area contributed by atoms with E-state index in [-0.39, 0.29) is 11.7 Å². The normalized spacial score (nSPS) is 22.6. The van der Waals surface area contributed by atoms with E-state index in [1.807, 2.05) is 0 Å². The number of piperidine rings is 1. The Balaban J connectivity index is 2.57. The predicted octanol–water partition coefficient (Wildman–Crippen LogP) is 2.04. The number of carbonyl (C=O) groups is 1. The second-order valence-corrected chi connectivity index (χ2v) is 4.42. The van der Waals surface area contributed by atoms with Crippen LogP contribution in [0.3, 0.4) is 0 Å². The van der Waals surface area contributed by atoms with Crippen LogP contribution in [0.1, 0.15) is 33.6 Å². The van der Waals surface area contributed by atoms with Crippen LogP contribution in [0.25, 0.3) is 0 Å². The minimum atomic E-state index is -1.54. The van der Waals surface area contributed by atoms with Crippen LogP contribution in [-0.4, -0.2) is 36.0 Å². The summed E-state index contributed by atoms with van der Waals surface area (Å²) in [6, 6.07) is 0. The molecule has 1 aliphatic heterocycles. The summed E-state index contributed by atoms with van der Waals surface area (Å²) < 4.78 is 14.2. The summed E-state index contributed by atoms with van der Waals surface area (Å²) in [4.78, 5) is 13.8. The molecule has 14 heavy (non-hydrogen) atoms. The van der Waals surface area contributed by atoms with Gasteiger partial charge < -0.3 is 4.90 Å². The second-order valence-electron chi connectivity index (χ2n) is 4.42. The molecule has 0 atom stereocenters. The number of halogens is 1. The summed E-state index contributed by atoms with van der Waals surface area (Å²) in [5.41, 5.74) is -1.54. The average Bonchev–Trinajstić information content (AvgIpc) is 2.18. The number of ketones is 1. The third-order valence-electron chi connectivity index (χ3n) is 3.06. The summed E-state index contributed by atoms with van der Waals surface area (Å²) in [7, 11) is 0. The lowest BCUT2D eigenvalue weighted by molar-refractivity contribution is -0.136. The number of alkyl halides is 1. The first-order valence-electron chi connectivity index (χ1n) is 5.45. The van der Waals surface area contributed by atoms with Gasteiger partial charge in [-0.15, -0.1) is 0 Å². The molecule has 0 aromatic carbocycles. The topological polar surface area (TPSA) is 20.3 Å². The largest absolute Gasteiger partial charge is 0.303 e. The molecule has 82 valence electrons. The number of nitrogens with zero attached hydrogens (tertiary/aromatic N) is 1. The van der Waals surface area contributed by atoms with Crippen LogP contribution in [0.2, 0.25) is 0 Å². The average molecular weight is 201 g/mol. The van der Waals surface area contributed by atoms with Gasteiger partial charge in [-0.3, -0.25) is 4.79 Å². The Labute approximate surface area is 85.5 Å². The van der Waals surface area contributed by atoms with Gasteiger partial charge in [0.1, 0.15) is 0 Å². The molecule has 0 bridgehead atoms. The second kappa shape index (κ2) is 4.39. The zero-order valence-electron chi connectivity index (χ0n) is 9.35. The minimum absolute atomic E-state index is 0.187. The molecule has 1 rings (SSSR count). The molecule has 0 aromatic heterocycles. The monoisotopic (exact) mass is 201 g/mol. The zero-order chi connectivity index (χ0) is 10.8. The van der Waals surface area contributed by atoms with E-state index in [0.29, 0.717) is 25.9 Å². The van der Waals surface area contributed by atoms with Gasteiger partial charge in [-0.25, -0.2) is 4.39 Å². The summed E-state index contributed by atoms with van der Waals surface area (Å²) in [6.07, 6.45) is 0.746. The van der Waals surface area contributed by atoms with E-state index in [0.717, 1.165) is 6.54 Å². The molecule has 1 saturated heterocycles. The van der Waals surface area contributed by atoms with Crippen molar-refractivity contribution < 1.29 is 9.18 Å². The van der Waals surface area contributed by atoms with Crippen molar-refractivity contribution in [1.82, 2.24) is 4.90 Å². The SMILES string of the molecule is CCN1CCC(F)(C(=O)C(C)C)CC1. The van der Waals surface area contributed by atoms with Crippen molar-refractivity contribution in [1.29, 1.82) is 0 Å². The molecule has 0 aliphatic carbocycles. The fourth-order valence-corrected chi connectivity index (χ4v) is 1.99. The van der Waals surface area contributed by atoms with Crippen LogP contribution < -0.4 is 0 Å². The fraction of sp³-hybridized carbons (Fsp3) is 0.909. The molecule has 3 heteroatoms. The third-order valence-corrected chi connectivity index (χ3v) is 3.06. The van der Waals surface area contributed by atoms with E-state index in [2.05, 4.69) is 11.8 Å². The fourth-order valence-electron chi connectivity index (χ4n) is 1.99. The lowest BCUT2D eigenvalue weighted by atomic mass is 9.84. The van der Waals surface area contributed by atoms with Crippen LogP contribution in [0.15, 0.2) is 0 Å². The van der Waals surface area contributed by atoms with Crippen LogP contribution in [0, 0.1) is 5.92 Å². The molecule has 0 radical (unpaired) electrons. The van der Waals surface area contributed by atoms with Crippen molar-refractivity contribution in [3.05, 3.63) is 0 Å². The maximum Gasteiger partial charge on any atom is 0.172 e. The van der Waals surface area contributed by atoms with Crippen molar-refractivity contribution in [3.63, 3.8) is 0 Å². The number of Topliss-reactive ketones (excluding diaryl/α,β-unsaturated/α-hetero) is 1. The highest BCUT2D eigenvalue weighted by Gasteiger charge is 2.41. The number of hydrogen-bond acceptors (Lipinski definition) is 2. The predicted molar refractivity (Wildman–Crippen MR) is 55.0 cm³/mol. The summed E-state index contributed by atoms with van der Waals surface area (Å²) in [5.74, 6) is -0.401. The van der Waals surface area contributed by atoms with Gasteiger partial charge in [0, 0.05) is 31.8 Å². The number of hydrogen-bond donors (Lipinski definition) is 0. The van der Waals surface area contributed by atoms with Gasteiger partial charge in [0.2, 0.25) is 0 Å². The van der Waals surface area contributed by atoms with Gasteiger partial charge in [0.15, 0.2) is 11.5 Å². The van der Waals surface area contributed by atoms with Gasteiger partial charge in [-0.1, -0.05) is 20.8 Å². The first-order valence-corrected chi connectivity index (χ1v) is 5.45. The zero-order valence-corrected chi connectivity index (χ0v) is 9.35. The van der Waals surface area contributed by atoms with E-state index in [4.69, 9.17) is 0 Å². The van der Waals surface area contributed by atoms with Crippen molar-refractivity contribution in [3.8, 4) is 0 Å². The molecule has 2 nitrogen and oxygen atoms in total. The molecule has 0 aromatic rings. The van der Waals surface area contributed by atoms with Crippen molar-refractivity contribution >= 4 is 5.78 Å². The Morgan fingerprint density at radius 3 is 2.29 bits per heavy atom. The Hall–Kier alpha value is -0.440. The lowest BCUT2D eigenvalue weighted by Gasteiger charge is -2.35. The Morgan fingerprint density at radius 2 is 1.93 bits per heavy atom. The van der Waals surface area contributed by atoms with Gasteiger partial charge in [-0.05, 0) is 6.54 Å². The standard InChI is InChI=1S/C11H20FNO/c1-4-13-7-5-11(12,6-8-13)10(14)9(2)3/h9H,4-8H2,1-3H3. The molecule has 0 N–H and O–H groups in total. The van der Waals surface area contributed by atoms with E-state index in [9.17, 15) is 9.18 Å². The molecule has 0 spiro atoms. The van der Waals surface area contributed by atoms with Gasteiger partial charge >= 0.3 is 0 Å². The van der Waals surface area contributed by atoms with Crippen molar-refractivity contribution in [2.45, 2.75) is 39.3 Å². The number of carbonyl (C=O) groups excluding carboxylic acids is 1. The van der Waals surface area contributed by atoms with E-state index < -0.39 is 5.67 Å². The van der Waals surface area contributed by atoms with E-state index in [1.165, 1.54) is 0 Å². The first kappa shape index (κ1) is 11.6. The lowest BCUT2D eigenvalue weighted by Crippen LogP contribution is -2.47. The Kier molecular flexibility index (Phi) is 3.65. The molecule has 1 heterocycles. The van der Waals surface area contributed by atoms with Crippen LogP contribution in [0.4, 0.5) is 4.39 Å². The van der Waals surface area contributed by atoms with Gasteiger partial charge in [0.05, 0.1) is 0 Å². The highest BCUT2D eigenvalue weighted by Crippen LogP contribution is 2.29. The maximum absolute atomic E-state index is 14.2. The van der Waals surface area contributed by atoms with Crippen LogP contribution >= 0.6 is 0 Å². The Morgan fingerprint density at radius 1 is 1.43 bits per heavy atom. The Bertz CT molecular complexity index is 207. The molecular formula is C11H20FNO. The van der Waals surface area contributed by atoms with Gasteiger partial charge in [0.25, 0.3) is 0 Å². The van der Waals surface area contributed by atoms with E-state index in [1.54, 1.807) is 13.8 Å². The number of likely N-dealkylation sites (tertiary alicyclic amines) is 1. The van der Waals surface area contributed by atoms with Crippen LogP contribution in [0.5, 0.6) is 0 Å². The quantitative estimate of drug-likeness (QED) is 0.696. The molecule has 1 aliphatic rings. The molecule has 0 amide bonds. The molecule has 1 fully saturated rings. The van der Waals surface area contributed by atoms with Gasteiger partial charge in [-0.2, -0.15) is 0 Å². The summed E-state index contributed by atoms with van der Waals surface area (Å²) in [5, 5.41) is 0. The highest BCUT2D eigenvalue weighted by molar-refractivity contribution is 5.88. The highest BCUT2D eigenvalue weighted by atomic mass is 19.1. The smallest absolute Gasteiger partial charge is 0.172 e. The number of rotatable bonds is 3. The van der Waals surface area contributed by atoms with Crippen molar-refractivity contribution in [2.24, 2.45) is 5.92 Å². The van der Waals surface area contributed by atoms with Crippen LogP contribution in [-0.2, 0) is 4.79 Å². The molecular weight excluding hydrogens is 181 g/mol. The summed E-state index contributed by atoms with van der Waals surface area (Å²) >= 11 is 0. The van der Waals surface area contributed by atoms with Crippen molar-refractivity contribution in [2.75, 3.05) is 19.6 Å². The first-order chi connectivity index (χ1) is 6.49. The minimum Gasteiger partial charge on any atom is -0.303 e. The van der Waals surface area contributed by atoms with E-state index >= 15 is 0 Å². The molecule has 0 unspecified atom stereocenters. The third kappa shape index (κ3) is 2.32. The maximum atomic E-state index is 14.2. The summed E-state index contributed by atoms with van der Waals surface area (Å²) in [6.45, 7) is 7.99.